The topological polar surface area (TPSA) is 52.6 Å². The molecule has 6 heteroatoms. The number of terminal acetylenes is 1. The van der Waals surface area contributed by atoms with Gasteiger partial charge < -0.3 is 9.47 Å². The summed E-state index contributed by atoms with van der Waals surface area (Å²) in [7, 11) is 0. The molecule has 4 nitrogen and oxygen atoms in total. The lowest BCUT2D eigenvalue weighted by Gasteiger charge is -2.07. The van der Waals surface area contributed by atoms with Crippen molar-refractivity contribution in [1.82, 2.24) is 0 Å². The lowest BCUT2D eigenvalue weighted by molar-refractivity contribution is -0.151. The molecule has 0 aliphatic rings. The molecule has 0 rings (SSSR count). The van der Waals surface area contributed by atoms with Crippen LogP contribution in [0.4, 0.5) is 0 Å². The molecule has 0 aromatic carbocycles. The van der Waals surface area contributed by atoms with Crippen LogP contribution < -0.4 is 0 Å². The minimum Gasteiger partial charge on any atom is -0.463 e. The van der Waals surface area contributed by atoms with E-state index in [9.17, 15) is 9.59 Å². The van der Waals surface area contributed by atoms with E-state index < -0.39 is 22.9 Å². The fourth-order valence-electron chi connectivity index (χ4n) is 0.722. The van der Waals surface area contributed by atoms with Crippen LogP contribution in [0.5, 0.6) is 0 Å². The molecule has 0 radical (unpaired) electrons. The van der Waals surface area contributed by atoms with Crippen molar-refractivity contribution in [2.45, 2.75) is 30.7 Å². The minimum absolute atomic E-state index is 0.0832. The molecule has 90 valence electrons. The molecule has 0 aromatic rings. The standard InChI is InChI=1S/C10H12Cl2O4/c1-3-7(2)16-10(14)5-4-9(13)15-6-8(11)12/h1,7-8H,4-6H2,2H3. The average Bonchev–Trinajstić information content (AvgIpc) is 2.23. The van der Waals surface area contributed by atoms with Crippen molar-refractivity contribution in [2.75, 3.05) is 6.61 Å². The zero-order valence-corrected chi connectivity index (χ0v) is 10.3. The number of ether oxygens (including phenoxy) is 2. The van der Waals surface area contributed by atoms with Gasteiger partial charge in [0.2, 0.25) is 0 Å². The maximum atomic E-state index is 11.1. The van der Waals surface area contributed by atoms with E-state index in [0.717, 1.165) is 0 Å². The van der Waals surface area contributed by atoms with Crippen LogP contribution in [0.3, 0.4) is 0 Å². The summed E-state index contributed by atoms with van der Waals surface area (Å²) in [5, 5.41) is 0. The van der Waals surface area contributed by atoms with Gasteiger partial charge in [-0.2, -0.15) is 0 Å². The molecule has 0 fully saturated rings. The van der Waals surface area contributed by atoms with Gasteiger partial charge in [-0.25, -0.2) is 0 Å². The number of hydrogen-bond donors (Lipinski definition) is 0. The zero-order chi connectivity index (χ0) is 12.6. The average molecular weight is 267 g/mol. The quantitative estimate of drug-likeness (QED) is 0.417. The first-order chi connectivity index (χ1) is 7.45. The number of carbonyl (C=O) groups excluding carboxylic acids is 2. The van der Waals surface area contributed by atoms with Gasteiger partial charge in [0.05, 0.1) is 12.8 Å². The van der Waals surface area contributed by atoms with Crippen molar-refractivity contribution in [3.63, 3.8) is 0 Å². The van der Waals surface area contributed by atoms with Crippen molar-refractivity contribution in [1.29, 1.82) is 0 Å². The van der Waals surface area contributed by atoms with Crippen molar-refractivity contribution < 1.29 is 19.1 Å². The number of halogens is 2. The van der Waals surface area contributed by atoms with Gasteiger partial charge in [0.15, 0.2) is 6.10 Å². The summed E-state index contributed by atoms with van der Waals surface area (Å²) >= 11 is 10.7. The summed E-state index contributed by atoms with van der Waals surface area (Å²) < 4.78 is 9.37. The number of alkyl halides is 2. The molecule has 0 aliphatic heterocycles. The predicted molar refractivity (Wildman–Crippen MR) is 60.1 cm³/mol. The second-order valence-corrected chi connectivity index (χ2v) is 4.15. The number of hydrogen-bond acceptors (Lipinski definition) is 4. The fourth-order valence-corrected chi connectivity index (χ4v) is 0.848. The molecule has 0 saturated heterocycles. The van der Waals surface area contributed by atoms with E-state index in [1.54, 1.807) is 6.92 Å². The molecule has 0 N–H and O–H groups in total. The smallest absolute Gasteiger partial charge is 0.307 e. The Bertz CT molecular complexity index is 283. The third-order valence-electron chi connectivity index (χ3n) is 1.45. The SMILES string of the molecule is C#CC(C)OC(=O)CCC(=O)OCC(Cl)Cl. The Morgan fingerprint density at radius 2 is 1.88 bits per heavy atom. The Morgan fingerprint density at radius 1 is 1.31 bits per heavy atom. The van der Waals surface area contributed by atoms with E-state index >= 15 is 0 Å². The lowest BCUT2D eigenvalue weighted by Crippen LogP contribution is -2.16. The molecule has 0 spiro atoms. The van der Waals surface area contributed by atoms with Crippen molar-refractivity contribution in [2.24, 2.45) is 0 Å². The van der Waals surface area contributed by atoms with Gasteiger partial charge >= 0.3 is 11.9 Å². The van der Waals surface area contributed by atoms with Gasteiger partial charge in [0.1, 0.15) is 11.4 Å². The third kappa shape index (κ3) is 8.39. The summed E-state index contributed by atoms with van der Waals surface area (Å²) in [6.45, 7) is 1.46. The van der Waals surface area contributed by atoms with E-state index in [2.05, 4.69) is 10.7 Å². The highest BCUT2D eigenvalue weighted by molar-refractivity contribution is 6.44. The molecule has 1 atom stereocenters. The highest BCUT2D eigenvalue weighted by atomic mass is 35.5. The molecule has 0 aromatic heterocycles. The fraction of sp³-hybridized carbons (Fsp3) is 0.600. The molecule has 0 aliphatic carbocycles. The highest BCUT2D eigenvalue weighted by Crippen LogP contribution is 2.04. The summed E-state index contributed by atoms with van der Waals surface area (Å²) in [4.78, 5) is 21.3. The van der Waals surface area contributed by atoms with Crippen LogP contribution in [0.15, 0.2) is 0 Å². The third-order valence-corrected chi connectivity index (χ3v) is 1.70. The van der Waals surface area contributed by atoms with Crippen LogP contribution in [0.2, 0.25) is 0 Å². The summed E-state index contributed by atoms with van der Waals surface area (Å²) in [6, 6.07) is 0. The van der Waals surface area contributed by atoms with Crippen LogP contribution in [0.25, 0.3) is 0 Å². The highest BCUT2D eigenvalue weighted by Gasteiger charge is 2.12. The van der Waals surface area contributed by atoms with E-state index in [0.29, 0.717) is 0 Å². The molecule has 0 heterocycles. The first-order valence-electron chi connectivity index (χ1n) is 4.55. The van der Waals surface area contributed by atoms with E-state index in [4.69, 9.17) is 34.4 Å². The van der Waals surface area contributed by atoms with Gasteiger partial charge in [-0.05, 0) is 6.92 Å². The van der Waals surface area contributed by atoms with Crippen LogP contribution in [0, 0.1) is 12.3 Å². The predicted octanol–water partition coefficient (Wildman–Crippen LogP) is 1.68. The van der Waals surface area contributed by atoms with E-state index in [-0.39, 0.29) is 19.4 Å². The van der Waals surface area contributed by atoms with Crippen LogP contribution >= 0.6 is 23.2 Å². The van der Waals surface area contributed by atoms with Crippen LogP contribution in [0.1, 0.15) is 19.8 Å². The molecule has 1 unspecified atom stereocenters. The molecule has 16 heavy (non-hydrogen) atoms. The molecular formula is C10H12Cl2O4. The Kier molecular flexibility index (Phi) is 7.78. The van der Waals surface area contributed by atoms with Crippen LogP contribution in [-0.4, -0.2) is 29.5 Å². The van der Waals surface area contributed by atoms with Crippen molar-refractivity contribution in [3.8, 4) is 12.3 Å². The first kappa shape index (κ1) is 15.1. The Balaban J connectivity index is 3.68. The van der Waals surface area contributed by atoms with Gasteiger partial charge in [0.25, 0.3) is 0 Å². The monoisotopic (exact) mass is 266 g/mol. The Labute approximate surface area is 104 Å². The van der Waals surface area contributed by atoms with Gasteiger partial charge in [0, 0.05) is 0 Å². The van der Waals surface area contributed by atoms with Gasteiger partial charge in [-0.3, -0.25) is 9.59 Å². The van der Waals surface area contributed by atoms with Gasteiger partial charge in [-0.15, -0.1) is 29.6 Å². The summed E-state index contributed by atoms with van der Waals surface area (Å²) in [6.07, 6.45) is 4.24. The maximum Gasteiger partial charge on any atom is 0.307 e. The second-order valence-electron chi connectivity index (χ2n) is 2.87. The minimum atomic E-state index is -0.766. The maximum absolute atomic E-state index is 11.1. The normalized spacial score (nSPS) is 11.7. The van der Waals surface area contributed by atoms with E-state index in [1.165, 1.54) is 0 Å². The zero-order valence-electron chi connectivity index (χ0n) is 8.74. The Morgan fingerprint density at radius 3 is 2.38 bits per heavy atom. The van der Waals surface area contributed by atoms with E-state index in [1.807, 2.05) is 0 Å². The first-order valence-corrected chi connectivity index (χ1v) is 5.42. The molecular weight excluding hydrogens is 255 g/mol. The molecule has 0 amide bonds. The molecule has 0 saturated carbocycles. The largest absolute Gasteiger partial charge is 0.463 e. The Hall–Kier alpha value is -0.920. The van der Waals surface area contributed by atoms with Gasteiger partial charge in [-0.1, -0.05) is 5.92 Å². The lowest BCUT2D eigenvalue weighted by atomic mass is 10.3. The van der Waals surface area contributed by atoms with Crippen LogP contribution in [-0.2, 0) is 19.1 Å². The van der Waals surface area contributed by atoms with Crippen molar-refractivity contribution in [3.05, 3.63) is 0 Å². The number of carbonyl (C=O) groups is 2. The summed E-state index contributed by atoms with van der Waals surface area (Å²) in [5.74, 6) is 1.13. The second kappa shape index (κ2) is 8.26. The van der Waals surface area contributed by atoms with Crippen molar-refractivity contribution >= 4 is 35.1 Å². The number of rotatable bonds is 6. The molecule has 0 bridgehead atoms. The number of esters is 2. The summed E-state index contributed by atoms with van der Waals surface area (Å²) in [5.41, 5.74) is 0.